The second-order valence-corrected chi connectivity index (χ2v) is 3.26. The molecular formula is C9H10F2N2O4. The summed E-state index contributed by atoms with van der Waals surface area (Å²) in [5.41, 5.74) is -1.28. The van der Waals surface area contributed by atoms with Gasteiger partial charge in [-0.1, -0.05) is 0 Å². The summed E-state index contributed by atoms with van der Waals surface area (Å²) in [6.45, 7) is -0.842. The molecule has 1 aromatic carbocycles. The fourth-order valence-electron chi connectivity index (χ4n) is 1.12. The smallest absolute Gasteiger partial charge is 0.275 e. The van der Waals surface area contributed by atoms with Gasteiger partial charge < -0.3 is 15.5 Å². The maximum atomic E-state index is 13.3. The van der Waals surface area contributed by atoms with Gasteiger partial charge in [-0.3, -0.25) is 10.1 Å². The Labute approximate surface area is 94.6 Å². The molecule has 1 rings (SSSR count). The van der Waals surface area contributed by atoms with Crippen molar-refractivity contribution >= 4 is 11.4 Å². The fraction of sp³-hybridized carbons (Fsp3) is 0.333. The number of halogens is 2. The molecule has 1 aromatic rings. The summed E-state index contributed by atoms with van der Waals surface area (Å²) in [7, 11) is 0. The first-order valence-electron chi connectivity index (χ1n) is 4.62. The average molecular weight is 248 g/mol. The summed E-state index contributed by atoms with van der Waals surface area (Å²) in [5.74, 6) is -2.27. The van der Waals surface area contributed by atoms with Crippen molar-refractivity contribution in [2.45, 2.75) is 6.10 Å². The van der Waals surface area contributed by atoms with E-state index in [2.05, 4.69) is 5.32 Å². The normalized spacial score (nSPS) is 12.2. The maximum absolute atomic E-state index is 13.3. The molecule has 17 heavy (non-hydrogen) atoms. The highest BCUT2D eigenvalue weighted by molar-refractivity contribution is 5.51. The van der Waals surface area contributed by atoms with Gasteiger partial charge in [-0.25, -0.2) is 8.78 Å². The van der Waals surface area contributed by atoms with Crippen molar-refractivity contribution in [3.63, 3.8) is 0 Å². The van der Waals surface area contributed by atoms with E-state index in [9.17, 15) is 18.9 Å². The van der Waals surface area contributed by atoms with E-state index < -0.39 is 40.6 Å². The average Bonchev–Trinajstić information content (AvgIpc) is 2.27. The molecule has 1 atom stereocenters. The lowest BCUT2D eigenvalue weighted by atomic mass is 10.2. The van der Waals surface area contributed by atoms with Crippen LogP contribution in [0.2, 0.25) is 0 Å². The number of non-ortho nitro benzene ring substituents is 1. The molecule has 0 radical (unpaired) electrons. The van der Waals surface area contributed by atoms with Crippen LogP contribution in [0, 0.1) is 21.7 Å². The van der Waals surface area contributed by atoms with Gasteiger partial charge in [0.25, 0.3) is 5.69 Å². The monoisotopic (exact) mass is 248 g/mol. The van der Waals surface area contributed by atoms with Gasteiger partial charge in [-0.05, 0) is 0 Å². The van der Waals surface area contributed by atoms with Crippen LogP contribution < -0.4 is 5.32 Å². The topological polar surface area (TPSA) is 95.6 Å². The van der Waals surface area contributed by atoms with Crippen molar-refractivity contribution in [3.8, 4) is 0 Å². The Morgan fingerprint density at radius 3 is 2.35 bits per heavy atom. The van der Waals surface area contributed by atoms with Crippen LogP contribution in [0.3, 0.4) is 0 Å². The molecule has 0 aliphatic heterocycles. The summed E-state index contributed by atoms with van der Waals surface area (Å²) in [6.07, 6.45) is -1.18. The van der Waals surface area contributed by atoms with E-state index in [1.165, 1.54) is 0 Å². The lowest BCUT2D eigenvalue weighted by Crippen LogP contribution is -2.23. The Morgan fingerprint density at radius 1 is 1.41 bits per heavy atom. The highest BCUT2D eigenvalue weighted by Crippen LogP contribution is 2.24. The number of anilines is 1. The molecule has 0 saturated heterocycles. The fourth-order valence-corrected chi connectivity index (χ4v) is 1.12. The number of aliphatic hydroxyl groups is 2. The third kappa shape index (κ3) is 3.33. The van der Waals surface area contributed by atoms with Gasteiger partial charge in [0.1, 0.15) is 5.69 Å². The summed E-state index contributed by atoms with van der Waals surface area (Å²) in [4.78, 5) is 9.39. The zero-order valence-electron chi connectivity index (χ0n) is 8.56. The third-order valence-electron chi connectivity index (χ3n) is 1.96. The van der Waals surface area contributed by atoms with Gasteiger partial charge in [0.05, 0.1) is 29.8 Å². The highest BCUT2D eigenvalue weighted by Gasteiger charge is 2.17. The predicted molar refractivity (Wildman–Crippen MR) is 54.6 cm³/mol. The molecule has 94 valence electrons. The highest BCUT2D eigenvalue weighted by atomic mass is 19.1. The quantitative estimate of drug-likeness (QED) is 0.525. The maximum Gasteiger partial charge on any atom is 0.275 e. The van der Waals surface area contributed by atoms with E-state index in [1.807, 2.05) is 0 Å². The molecule has 1 unspecified atom stereocenters. The summed E-state index contributed by atoms with van der Waals surface area (Å²) >= 11 is 0. The van der Waals surface area contributed by atoms with E-state index in [0.29, 0.717) is 12.1 Å². The molecular weight excluding hydrogens is 238 g/mol. The number of aliphatic hydroxyl groups excluding tert-OH is 2. The van der Waals surface area contributed by atoms with Crippen LogP contribution in [0.4, 0.5) is 20.2 Å². The molecule has 0 bridgehead atoms. The van der Waals surface area contributed by atoms with Crippen LogP contribution in [0.1, 0.15) is 0 Å². The summed E-state index contributed by atoms with van der Waals surface area (Å²) in [6, 6.07) is 1.13. The Bertz CT molecular complexity index is 404. The van der Waals surface area contributed by atoms with E-state index in [4.69, 9.17) is 10.2 Å². The molecule has 0 aromatic heterocycles. The number of nitrogens with zero attached hydrogens (tertiary/aromatic N) is 1. The number of nitro groups is 1. The lowest BCUT2D eigenvalue weighted by molar-refractivity contribution is -0.385. The van der Waals surface area contributed by atoms with Crippen molar-refractivity contribution in [2.75, 3.05) is 18.5 Å². The number of benzene rings is 1. The van der Waals surface area contributed by atoms with Crippen LogP contribution >= 0.6 is 0 Å². The van der Waals surface area contributed by atoms with E-state index >= 15 is 0 Å². The number of hydrogen-bond donors (Lipinski definition) is 3. The third-order valence-corrected chi connectivity index (χ3v) is 1.96. The second-order valence-electron chi connectivity index (χ2n) is 3.26. The first-order chi connectivity index (χ1) is 7.95. The minimum atomic E-state index is -1.18. The van der Waals surface area contributed by atoms with Crippen LogP contribution in [0.15, 0.2) is 12.1 Å². The van der Waals surface area contributed by atoms with Crippen molar-refractivity contribution in [3.05, 3.63) is 33.9 Å². The second kappa shape index (κ2) is 5.51. The van der Waals surface area contributed by atoms with Gasteiger partial charge in [0.15, 0.2) is 11.6 Å². The van der Waals surface area contributed by atoms with E-state index in [-0.39, 0.29) is 6.54 Å². The Kier molecular flexibility index (Phi) is 4.30. The molecule has 0 spiro atoms. The largest absolute Gasteiger partial charge is 0.394 e. The molecule has 0 amide bonds. The van der Waals surface area contributed by atoms with Gasteiger partial charge in [-0.15, -0.1) is 0 Å². The van der Waals surface area contributed by atoms with E-state index in [1.54, 1.807) is 0 Å². The molecule has 0 fully saturated rings. The van der Waals surface area contributed by atoms with Crippen molar-refractivity contribution in [1.82, 2.24) is 0 Å². The van der Waals surface area contributed by atoms with Crippen molar-refractivity contribution < 1.29 is 23.9 Å². The van der Waals surface area contributed by atoms with Gasteiger partial charge in [0.2, 0.25) is 0 Å². The lowest BCUT2D eigenvalue weighted by Gasteiger charge is -2.11. The van der Waals surface area contributed by atoms with Gasteiger partial charge in [-0.2, -0.15) is 0 Å². The van der Waals surface area contributed by atoms with E-state index in [0.717, 1.165) is 0 Å². The number of rotatable bonds is 5. The minimum Gasteiger partial charge on any atom is -0.394 e. The Balaban J connectivity index is 2.90. The zero-order chi connectivity index (χ0) is 13.0. The molecule has 0 aliphatic rings. The first-order valence-corrected chi connectivity index (χ1v) is 4.62. The molecule has 0 saturated carbocycles. The number of nitrogens with one attached hydrogen (secondary N) is 1. The van der Waals surface area contributed by atoms with Crippen molar-refractivity contribution in [1.29, 1.82) is 0 Å². The first kappa shape index (κ1) is 13.3. The molecule has 6 nitrogen and oxygen atoms in total. The molecule has 8 heteroatoms. The Morgan fingerprint density at radius 2 is 1.94 bits per heavy atom. The van der Waals surface area contributed by atoms with Crippen LogP contribution in [-0.4, -0.2) is 34.4 Å². The molecule has 0 heterocycles. The van der Waals surface area contributed by atoms with Crippen LogP contribution in [0.25, 0.3) is 0 Å². The number of nitro benzene ring substituents is 1. The zero-order valence-corrected chi connectivity index (χ0v) is 8.56. The number of hydrogen-bond acceptors (Lipinski definition) is 5. The predicted octanol–water partition coefficient (Wildman–Crippen LogP) is 0.638. The SMILES string of the molecule is O=[N+]([O-])c1cc(F)c(NCC(O)CO)c(F)c1. The summed E-state index contributed by atoms with van der Waals surface area (Å²) < 4.78 is 26.5. The van der Waals surface area contributed by atoms with Gasteiger partial charge >= 0.3 is 0 Å². The van der Waals surface area contributed by atoms with Crippen molar-refractivity contribution in [2.24, 2.45) is 0 Å². The molecule has 0 aliphatic carbocycles. The Hall–Kier alpha value is -1.80. The summed E-state index contributed by atoms with van der Waals surface area (Å²) in [5, 5.41) is 30.0. The molecule has 3 N–H and O–H groups in total. The minimum absolute atomic E-state index is 0.276. The van der Waals surface area contributed by atoms with Crippen LogP contribution in [-0.2, 0) is 0 Å². The van der Waals surface area contributed by atoms with Gasteiger partial charge in [0, 0.05) is 6.54 Å². The van der Waals surface area contributed by atoms with Crippen LogP contribution in [0.5, 0.6) is 0 Å². The standard InChI is InChI=1S/C9H10F2N2O4/c10-7-1-5(13(16)17)2-8(11)9(7)12-3-6(15)4-14/h1-2,6,12,14-15H,3-4H2.